The Morgan fingerprint density at radius 2 is 0.878 bits per heavy atom. The lowest BCUT2D eigenvalue weighted by Gasteiger charge is -2.27. The third-order valence-electron chi connectivity index (χ3n) is 9.20. The number of furan rings is 1. The number of benzene rings is 7. The molecule has 232 valence electrons. The number of ether oxygens (including phenoxy) is 1. The average Bonchev–Trinajstić information content (AvgIpc) is 3.68. The van der Waals surface area contributed by atoms with Crippen LogP contribution in [0.2, 0.25) is 0 Å². The van der Waals surface area contributed by atoms with Gasteiger partial charge in [-0.3, -0.25) is 0 Å². The Labute approximate surface area is 285 Å². The highest BCUT2D eigenvalue weighted by atomic mass is 16.5. The highest BCUT2D eigenvalue weighted by Crippen LogP contribution is 2.49. The van der Waals surface area contributed by atoms with Crippen molar-refractivity contribution in [2.24, 2.45) is 0 Å². The summed E-state index contributed by atoms with van der Waals surface area (Å²) >= 11 is 0. The van der Waals surface area contributed by atoms with Crippen molar-refractivity contribution in [3.05, 3.63) is 188 Å². The van der Waals surface area contributed by atoms with Crippen molar-refractivity contribution >= 4 is 17.1 Å². The van der Waals surface area contributed by atoms with Gasteiger partial charge in [0.1, 0.15) is 17.3 Å². The largest absolute Gasteiger partial charge is 0.464 e. The molecule has 1 aromatic heterocycles. The number of nitrogens with zero attached hydrogens (tertiary/aromatic N) is 1. The zero-order valence-corrected chi connectivity index (χ0v) is 26.7. The molecule has 1 aliphatic heterocycles. The summed E-state index contributed by atoms with van der Waals surface area (Å²) in [4.78, 5) is 2.33. The van der Waals surface area contributed by atoms with E-state index >= 15 is 0 Å². The Kier molecular flexibility index (Phi) is 7.14. The molecule has 0 saturated heterocycles. The molecular weight excluding hydrogens is 599 g/mol. The van der Waals surface area contributed by atoms with E-state index in [0.29, 0.717) is 0 Å². The summed E-state index contributed by atoms with van der Waals surface area (Å²) < 4.78 is 12.1. The molecule has 0 N–H and O–H groups in total. The number of para-hydroxylation sites is 2. The van der Waals surface area contributed by atoms with Crippen LogP contribution in [-0.2, 0) is 0 Å². The van der Waals surface area contributed by atoms with Crippen molar-refractivity contribution in [2.45, 2.75) is 0 Å². The number of anilines is 3. The standard InChI is InChI=1S/C46H31NO2/c1-2-10-32(11-3-1)33-19-23-37(24-20-33)47(38-25-21-34(22-26-38)35-12-8-13-36(30-35)44-18-9-29-48-44)39-27-28-40-41-14-4-6-16-45(41)49-46-17-7-5-15-42(46)43(40)31-39/h1-31H. The third kappa shape index (κ3) is 5.38. The van der Waals surface area contributed by atoms with Gasteiger partial charge in [-0.15, -0.1) is 0 Å². The Balaban J connectivity index is 1.17. The van der Waals surface area contributed by atoms with Gasteiger partial charge in [-0.1, -0.05) is 115 Å². The van der Waals surface area contributed by atoms with Crippen LogP contribution >= 0.6 is 0 Å². The predicted molar refractivity (Wildman–Crippen MR) is 201 cm³/mol. The molecule has 8 aromatic rings. The van der Waals surface area contributed by atoms with E-state index in [-0.39, 0.29) is 0 Å². The second-order valence-corrected chi connectivity index (χ2v) is 12.2. The lowest BCUT2D eigenvalue weighted by Crippen LogP contribution is -2.10. The van der Waals surface area contributed by atoms with Crippen molar-refractivity contribution < 1.29 is 9.15 Å². The molecule has 49 heavy (non-hydrogen) atoms. The van der Waals surface area contributed by atoms with Gasteiger partial charge in [0.05, 0.1) is 6.26 Å². The molecule has 1 aliphatic rings. The summed E-state index contributed by atoms with van der Waals surface area (Å²) in [5.74, 6) is 2.58. The first-order valence-electron chi connectivity index (χ1n) is 16.5. The van der Waals surface area contributed by atoms with E-state index in [1.807, 2.05) is 36.4 Å². The summed E-state index contributed by atoms with van der Waals surface area (Å²) in [5, 5.41) is 0. The molecule has 0 aliphatic carbocycles. The molecule has 0 bridgehead atoms. The van der Waals surface area contributed by atoms with Crippen LogP contribution in [-0.4, -0.2) is 0 Å². The van der Waals surface area contributed by atoms with Gasteiger partial charge in [0.15, 0.2) is 0 Å². The van der Waals surface area contributed by atoms with Crippen LogP contribution in [0, 0.1) is 0 Å². The maximum Gasteiger partial charge on any atom is 0.135 e. The van der Waals surface area contributed by atoms with E-state index in [1.54, 1.807) is 6.26 Å². The van der Waals surface area contributed by atoms with Crippen molar-refractivity contribution in [1.82, 2.24) is 0 Å². The molecular formula is C46H31NO2. The number of hydrogen-bond donors (Lipinski definition) is 0. The fraction of sp³-hybridized carbons (Fsp3) is 0. The SMILES string of the molecule is c1ccc(-c2ccc(N(c3ccc(-c4cccc(-c5ccco5)c4)cc3)c3ccc4c(c3)-c3ccccc3Oc3ccccc3-4)cc2)cc1. The van der Waals surface area contributed by atoms with Crippen LogP contribution in [0.1, 0.15) is 0 Å². The van der Waals surface area contributed by atoms with Crippen molar-refractivity contribution in [3.8, 4) is 67.3 Å². The summed E-state index contributed by atoms with van der Waals surface area (Å²) in [6, 6.07) is 63.9. The molecule has 0 unspecified atom stereocenters. The first kappa shape index (κ1) is 28.6. The molecule has 0 spiro atoms. The first-order chi connectivity index (χ1) is 24.3. The molecule has 0 atom stereocenters. The fourth-order valence-electron chi connectivity index (χ4n) is 6.78. The van der Waals surface area contributed by atoms with Crippen LogP contribution in [0.4, 0.5) is 17.1 Å². The Morgan fingerprint density at radius 3 is 1.55 bits per heavy atom. The second-order valence-electron chi connectivity index (χ2n) is 12.2. The zero-order valence-electron chi connectivity index (χ0n) is 26.7. The Morgan fingerprint density at radius 1 is 0.327 bits per heavy atom. The smallest absolute Gasteiger partial charge is 0.135 e. The lowest BCUT2D eigenvalue weighted by atomic mass is 9.93. The van der Waals surface area contributed by atoms with E-state index in [2.05, 4.69) is 150 Å². The van der Waals surface area contributed by atoms with Crippen LogP contribution in [0.15, 0.2) is 193 Å². The van der Waals surface area contributed by atoms with Crippen molar-refractivity contribution in [1.29, 1.82) is 0 Å². The minimum atomic E-state index is 0.853. The summed E-state index contributed by atoms with van der Waals surface area (Å²) in [6.45, 7) is 0. The zero-order chi connectivity index (χ0) is 32.6. The lowest BCUT2D eigenvalue weighted by molar-refractivity contribution is 0.488. The van der Waals surface area contributed by atoms with Gasteiger partial charge in [0.25, 0.3) is 0 Å². The highest BCUT2D eigenvalue weighted by Gasteiger charge is 2.22. The van der Waals surface area contributed by atoms with Gasteiger partial charge in [-0.25, -0.2) is 0 Å². The van der Waals surface area contributed by atoms with Gasteiger partial charge in [0.2, 0.25) is 0 Å². The predicted octanol–water partition coefficient (Wildman–Crippen LogP) is 13.2. The summed E-state index contributed by atoms with van der Waals surface area (Å²) in [6.07, 6.45) is 1.71. The number of rotatable bonds is 6. The highest BCUT2D eigenvalue weighted by molar-refractivity contribution is 5.94. The third-order valence-corrected chi connectivity index (χ3v) is 9.20. The first-order valence-corrected chi connectivity index (χ1v) is 16.5. The second kappa shape index (κ2) is 12.2. The molecule has 0 fully saturated rings. The summed E-state index contributed by atoms with van der Waals surface area (Å²) in [5.41, 5.74) is 13.4. The Hall–Kier alpha value is -6.58. The van der Waals surface area contributed by atoms with Crippen molar-refractivity contribution in [3.63, 3.8) is 0 Å². The van der Waals surface area contributed by atoms with E-state index in [1.165, 1.54) is 11.1 Å². The molecule has 0 radical (unpaired) electrons. The molecule has 7 aromatic carbocycles. The minimum Gasteiger partial charge on any atom is -0.464 e. The van der Waals surface area contributed by atoms with Crippen LogP contribution in [0.3, 0.4) is 0 Å². The van der Waals surface area contributed by atoms with Crippen LogP contribution in [0.25, 0.3) is 55.8 Å². The fourth-order valence-corrected chi connectivity index (χ4v) is 6.78. The summed E-state index contributed by atoms with van der Waals surface area (Å²) in [7, 11) is 0. The van der Waals surface area contributed by atoms with E-state index in [0.717, 1.165) is 73.3 Å². The van der Waals surface area contributed by atoms with Crippen LogP contribution in [0.5, 0.6) is 11.5 Å². The normalized spacial score (nSPS) is 11.4. The van der Waals surface area contributed by atoms with Gasteiger partial charge in [0, 0.05) is 33.8 Å². The van der Waals surface area contributed by atoms with Crippen LogP contribution < -0.4 is 9.64 Å². The molecule has 0 saturated carbocycles. The van der Waals surface area contributed by atoms with E-state index < -0.39 is 0 Å². The monoisotopic (exact) mass is 629 g/mol. The number of hydrogen-bond acceptors (Lipinski definition) is 3. The Bertz CT molecular complexity index is 2390. The van der Waals surface area contributed by atoms with Gasteiger partial charge in [-0.2, -0.15) is 0 Å². The maximum atomic E-state index is 6.48. The quantitative estimate of drug-likeness (QED) is 0.183. The minimum absolute atomic E-state index is 0.853. The van der Waals surface area contributed by atoms with Crippen molar-refractivity contribution in [2.75, 3.05) is 4.90 Å². The number of fused-ring (bicyclic) bond motifs is 5. The topological polar surface area (TPSA) is 25.6 Å². The van der Waals surface area contributed by atoms with Gasteiger partial charge in [-0.05, 0) is 100 Å². The average molecular weight is 630 g/mol. The molecule has 0 amide bonds. The molecule has 3 nitrogen and oxygen atoms in total. The molecule has 3 heteroatoms. The van der Waals surface area contributed by atoms with E-state index in [9.17, 15) is 0 Å². The van der Waals surface area contributed by atoms with Gasteiger partial charge >= 0.3 is 0 Å². The molecule has 9 rings (SSSR count). The molecule has 2 heterocycles. The maximum absolute atomic E-state index is 6.48. The van der Waals surface area contributed by atoms with E-state index in [4.69, 9.17) is 9.15 Å². The van der Waals surface area contributed by atoms with Gasteiger partial charge < -0.3 is 14.1 Å².